The van der Waals surface area contributed by atoms with Crippen LogP contribution in [-0.2, 0) is 14.4 Å². The van der Waals surface area contributed by atoms with E-state index in [1.165, 1.54) is 57.8 Å². The summed E-state index contributed by atoms with van der Waals surface area (Å²) < 4.78 is 4.82. The van der Waals surface area contributed by atoms with Crippen LogP contribution in [-0.4, -0.2) is 40.0 Å². The summed E-state index contributed by atoms with van der Waals surface area (Å²) in [4.78, 5) is 17.1. The lowest BCUT2D eigenvalue weighted by Crippen LogP contribution is -2.43. The van der Waals surface area contributed by atoms with Gasteiger partial charge in [-0.3, -0.25) is 5.21 Å². The molecule has 0 aromatic rings. The molecule has 0 radical (unpaired) electrons. The van der Waals surface area contributed by atoms with Gasteiger partial charge in [0, 0.05) is 0 Å². The summed E-state index contributed by atoms with van der Waals surface area (Å²) in [5.41, 5.74) is -1.40. The predicted molar refractivity (Wildman–Crippen MR) is 106 cm³/mol. The number of unbranched alkanes of at least 4 members (excludes halogenated alkanes) is 11. The van der Waals surface area contributed by atoms with Crippen LogP contribution in [0.2, 0.25) is 0 Å². The largest absolute Gasteiger partial charge is 0.458 e. The van der Waals surface area contributed by atoms with Crippen LogP contribution in [0.1, 0.15) is 104 Å². The summed E-state index contributed by atoms with van der Waals surface area (Å²) in [5.74, 6) is -0.807. The number of hydrogen-bond donors (Lipinski definition) is 1. The van der Waals surface area contributed by atoms with Crippen molar-refractivity contribution in [3.8, 4) is 0 Å². The van der Waals surface area contributed by atoms with E-state index in [0.717, 1.165) is 19.3 Å². The monoisotopic (exact) mass is 385 g/mol. The van der Waals surface area contributed by atoms with E-state index in [2.05, 4.69) is 6.92 Å². The zero-order valence-corrected chi connectivity index (χ0v) is 17.5. The highest BCUT2D eigenvalue weighted by Crippen LogP contribution is 2.30. The van der Waals surface area contributed by atoms with Gasteiger partial charge in [0.25, 0.3) is 0 Å². The maximum absolute atomic E-state index is 11.8. The molecule has 158 valence electrons. The van der Waals surface area contributed by atoms with Gasteiger partial charge in [0.05, 0.1) is 11.5 Å². The first-order chi connectivity index (χ1) is 13.0. The van der Waals surface area contributed by atoms with Crippen LogP contribution >= 0.6 is 0 Å². The molecule has 1 N–H and O–H groups in total. The maximum Gasteiger partial charge on any atom is 0.408 e. The number of aliphatic hydroxyl groups is 1. The Hall–Kier alpha value is -1.30. The Kier molecular flexibility index (Phi) is 11.4. The van der Waals surface area contributed by atoms with Crippen LogP contribution in [0.25, 0.3) is 0 Å². The number of ether oxygens (including phenoxy) is 1. The summed E-state index contributed by atoms with van der Waals surface area (Å²) in [7, 11) is 0. The molecule has 0 amide bonds. The number of rotatable bonds is 15. The minimum absolute atomic E-state index is 0.128. The molecule has 1 aliphatic heterocycles. The van der Waals surface area contributed by atoms with Gasteiger partial charge in [-0.1, -0.05) is 84.0 Å². The Morgan fingerprint density at radius 1 is 1.04 bits per heavy atom. The molecule has 6 nitrogen and oxygen atoms in total. The van der Waals surface area contributed by atoms with Crippen molar-refractivity contribution in [1.82, 2.24) is 0 Å². The zero-order valence-electron chi connectivity index (χ0n) is 17.5. The highest BCUT2D eigenvalue weighted by Gasteiger charge is 2.51. The SMILES string of the molecule is CCCCCCCCCCCCCCC1(C)O[N+]([O-])=C(C(=O)OCC)C1O. The molecule has 0 bridgehead atoms. The fraction of sp³-hybridized carbons (Fsp3) is 0.905. The molecule has 0 aromatic heterocycles. The van der Waals surface area contributed by atoms with Gasteiger partial charge in [0.2, 0.25) is 0 Å². The average Bonchev–Trinajstić information content (AvgIpc) is 2.85. The summed E-state index contributed by atoms with van der Waals surface area (Å²) >= 11 is 0. The number of carbonyl (C=O) groups is 1. The highest BCUT2D eigenvalue weighted by atomic mass is 16.9. The molecule has 2 unspecified atom stereocenters. The standard InChI is InChI=1S/C21H39NO5/c1-4-6-7-8-9-10-11-12-13-14-15-16-17-21(3)19(23)18(22(25)27-21)20(24)26-5-2/h19,23H,4-17H2,1-3H3. The molecular formula is C21H39NO5. The number of aliphatic hydroxyl groups excluding tert-OH is 1. The quantitative estimate of drug-likeness (QED) is 0.252. The van der Waals surface area contributed by atoms with E-state index in [1.54, 1.807) is 13.8 Å². The maximum atomic E-state index is 11.8. The Labute approximate surface area is 164 Å². The van der Waals surface area contributed by atoms with E-state index in [9.17, 15) is 15.1 Å². The Bertz CT molecular complexity index is 465. The molecule has 2 atom stereocenters. The molecule has 0 aliphatic carbocycles. The molecule has 0 fully saturated rings. The molecule has 1 heterocycles. The first-order valence-corrected chi connectivity index (χ1v) is 10.8. The second-order valence-corrected chi connectivity index (χ2v) is 7.81. The second-order valence-electron chi connectivity index (χ2n) is 7.81. The van der Waals surface area contributed by atoms with Gasteiger partial charge in [0.15, 0.2) is 6.10 Å². The van der Waals surface area contributed by atoms with Crippen LogP contribution in [0.5, 0.6) is 0 Å². The third kappa shape index (κ3) is 8.08. The number of esters is 1. The van der Waals surface area contributed by atoms with Gasteiger partial charge in [-0.05, 0) is 20.3 Å². The molecule has 1 rings (SSSR count). The molecule has 0 saturated heterocycles. The van der Waals surface area contributed by atoms with Crippen molar-refractivity contribution in [3.63, 3.8) is 0 Å². The fourth-order valence-corrected chi connectivity index (χ4v) is 3.57. The van der Waals surface area contributed by atoms with Gasteiger partial charge in [-0.15, -0.1) is 0 Å². The van der Waals surface area contributed by atoms with Crippen molar-refractivity contribution in [2.45, 2.75) is 116 Å². The predicted octanol–water partition coefficient (Wildman–Crippen LogP) is 4.66. The smallest absolute Gasteiger partial charge is 0.408 e. The molecule has 1 aliphatic rings. The van der Waals surface area contributed by atoms with Crippen molar-refractivity contribution in [2.24, 2.45) is 0 Å². The van der Waals surface area contributed by atoms with E-state index < -0.39 is 17.7 Å². The summed E-state index contributed by atoms with van der Waals surface area (Å²) in [6.07, 6.45) is 14.3. The van der Waals surface area contributed by atoms with Gasteiger partial charge >= 0.3 is 11.7 Å². The van der Waals surface area contributed by atoms with E-state index >= 15 is 0 Å². The van der Waals surface area contributed by atoms with E-state index in [-0.39, 0.29) is 17.2 Å². The van der Waals surface area contributed by atoms with Crippen LogP contribution in [0.15, 0.2) is 0 Å². The van der Waals surface area contributed by atoms with Crippen LogP contribution in [0.3, 0.4) is 0 Å². The Balaban J connectivity index is 2.12. The van der Waals surface area contributed by atoms with Crippen LogP contribution in [0, 0.1) is 5.21 Å². The molecule has 0 aromatic carbocycles. The summed E-state index contributed by atoms with van der Waals surface area (Å²) in [6, 6.07) is 0. The molecular weight excluding hydrogens is 346 g/mol. The Morgan fingerprint density at radius 2 is 1.52 bits per heavy atom. The van der Waals surface area contributed by atoms with Crippen LogP contribution in [0.4, 0.5) is 0 Å². The highest BCUT2D eigenvalue weighted by molar-refractivity contribution is 6.36. The number of nitrogens with zero attached hydrogens (tertiary/aromatic N) is 1. The molecule has 27 heavy (non-hydrogen) atoms. The molecule has 6 heteroatoms. The number of carbonyl (C=O) groups excluding carboxylic acids is 1. The third-order valence-corrected chi connectivity index (χ3v) is 5.34. The number of hydrogen-bond acceptors (Lipinski definition) is 5. The van der Waals surface area contributed by atoms with Gasteiger partial charge in [-0.2, -0.15) is 0 Å². The molecule has 0 spiro atoms. The lowest BCUT2D eigenvalue weighted by atomic mass is 9.90. The van der Waals surface area contributed by atoms with Gasteiger partial charge < -0.3 is 14.7 Å². The topological polar surface area (TPSA) is 81.8 Å². The summed E-state index contributed by atoms with van der Waals surface area (Å²) in [6.45, 7) is 5.72. The normalized spacial score (nSPS) is 22.1. The first-order valence-electron chi connectivity index (χ1n) is 10.8. The van der Waals surface area contributed by atoms with Crippen molar-refractivity contribution in [1.29, 1.82) is 0 Å². The van der Waals surface area contributed by atoms with Gasteiger partial charge in [0.1, 0.15) is 5.60 Å². The lowest BCUT2D eigenvalue weighted by molar-refractivity contribution is -0.751. The van der Waals surface area contributed by atoms with Crippen molar-refractivity contribution in [3.05, 3.63) is 5.21 Å². The van der Waals surface area contributed by atoms with E-state index in [1.807, 2.05) is 0 Å². The van der Waals surface area contributed by atoms with Crippen molar-refractivity contribution < 1.29 is 24.4 Å². The minimum atomic E-state index is -1.25. The van der Waals surface area contributed by atoms with E-state index in [0.29, 0.717) is 6.42 Å². The first kappa shape index (κ1) is 23.7. The zero-order chi connectivity index (χ0) is 20.1. The van der Waals surface area contributed by atoms with E-state index in [4.69, 9.17) is 9.57 Å². The lowest BCUT2D eigenvalue weighted by Gasteiger charge is -2.27. The van der Waals surface area contributed by atoms with Crippen molar-refractivity contribution >= 4 is 11.7 Å². The van der Waals surface area contributed by atoms with Crippen LogP contribution < -0.4 is 0 Å². The van der Waals surface area contributed by atoms with Crippen molar-refractivity contribution in [2.75, 3.05) is 6.61 Å². The second kappa shape index (κ2) is 13.0. The molecule has 0 saturated carbocycles. The average molecular weight is 386 g/mol. The summed E-state index contributed by atoms with van der Waals surface area (Å²) in [5, 5.41) is 22.2. The van der Waals surface area contributed by atoms with Gasteiger partial charge in [-0.25, -0.2) is 4.79 Å². The minimum Gasteiger partial charge on any atom is -0.458 e. The fourth-order valence-electron chi connectivity index (χ4n) is 3.57. The Morgan fingerprint density at radius 3 is 2.00 bits per heavy atom. The third-order valence-electron chi connectivity index (χ3n) is 5.34.